The van der Waals surface area contributed by atoms with Gasteiger partial charge in [0.1, 0.15) is 0 Å². The second-order valence-electron chi connectivity index (χ2n) is 6.56. The number of thioether (sulfide) groups is 1. The van der Waals surface area contributed by atoms with Crippen molar-refractivity contribution >= 4 is 29.5 Å². The Morgan fingerprint density at radius 3 is 1.87 bits per heavy atom. The minimum absolute atomic E-state index is 0.198. The van der Waals surface area contributed by atoms with Crippen LogP contribution in [-0.2, 0) is 12.3 Å². The number of benzene rings is 3. The molecule has 0 heterocycles. The van der Waals surface area contributed by atoms with Crippen LogP contribution in [0, 0.1) is 0 Å². The highest BCUT2D eigenvalue weighted by molar-refractivity contribution is 7.98. The van der Waals surface area contributed by atoms with E-state index in [1.165, 1.54) is 12.1 Å². The van der Waals surface area contributed by atoms with Crippen LogP contribution in [0.2, 0.25) is 0 Å². The van der Waals surface area contributed by atoms with E-state index >= 15 is 0 Å². The lowest BCUT2D eigenvalue weighted by molar-refractivity contribution is 0.0696. The molecule has 4 N–H and O–H groups in total. The van der Waals surface area contributed by atoms with E-state index in [0.29, 0.717) is 17.7 Å². The molecule has 0 radical (unpaired) electrons. The van der Waals surface area contributed by atoms with Crippen molar-refractivity contribution in [1.29, 1.82) is 0 Å². The minimum Gasteiger partial charge on any atom is -0.478 e. The number of amides is 2. The molecule has 0 saturated heterocycles. The van der Waals surface area contributed by atoms with E-state index in [2.05, 4.69) is 5.32 Å². The Bertz CT molecular complexity index is 1050. The number of rotatable bonds is 8. The van der Waals surface area contributed by atoms with Gasteiger partial charge in [-0.1, -0.05) is 24.3 Å². The second-order valence-corrected chi connectivity index (χ2v) is 7.61. The Hall–Kier alpha value is -3.58. The maximum Gasteiger partial charge on any atom is 0.335 e. The molecule has 0 spiro atoms. The van der Waals surface area contributed by atoms with Gasteiger partial charge in [0.15, 0.2) is 0 Å². The third-order valence-electron chi connectivity index (χ3n) is 4.41. The van der Waals surface area contributed by atoms with E-state index in [4.69, 9.17) is 10.8 Å². The van der Waals surface area contributed by atoms with E-state index in [9.17, 15) is 14.4 Å². The number of carbonyl (C=O) groups is 3. The maximum atomic E-state index is 12.3. The van der Waals surface area contributed by atoms with E-state index in [0.717, 1.165) is 21.8 Å². The fraction of sp³-hybridized carbons (Fsp3) is 0.0870. The third-order valence-corrected chi connectivity index (χ3v) is 5.50. The molecule has 6 nitrogen and oxygen atoms in total. The summed E-state index contributed by atoms with van der Waals surface area (Å²) in [6.07, 6.45) is 0. The monoisotopic (exact) mass is 420 g/mol. The van der Waals surface area contributed by atoms with Gasteiger partial charge in [-0.15, -0.1) is 11.8 Å². The summed E-state index contributed by atoms with van der Waals surface area (Å²) in [6.45, 7) is 0.316. The Labute approximate surface area is 178 Å². The highest BCUT2D eigenvalue weighted by Gasteiger charge is 2.07. The fourth-order valence-electron chi connectivity index (χ4n) is 2.68. The zero-order valence-corrected chi connectivity index (χ0v) is 16.8. The van der Waals surface area contributed by atoms with E-state index < -0.39 is 11.9 Å². The SMILES string of the molecule is NC(=O)c1ccc(CSc2ccc(C(=O)NCc3ccc(C(=O)O)cc3)cc2)cc1. The van der Waals surface area contributed by atoms with Gasteiger partial charge < -0.3 is 16.2 Å². The number of nitrogens with one attached hydrogen (secondary N) is 1. The van der Waals surface area contributed by atoms with Gasteiger partial charge in [-0.05, 0) is 59.7 Å². The van der Waals surface area contributed by atoms with E-state index in [1.807, 2.05) is 24.3 Å². The van der Waals surface area contributed by atoms with Crippen molar-refractivity contribution < 1.29 is 19.5 Å². The Kier molecular flexibility index (Phi) is 6.87. The third kappa shape index (κ3) is 5.71. The lowest BCUT2D eigenvalue weighted by Gasteiger charge is -2.07. The highest BCUT2D eigenvalue weighted by atomic mass is 32.2. The van der Waals surface area contributed by atoms with Crippen LogP contribution in [0.3, 0.4) is 0 Å². The van der Waals surface area contributed by atoms with Crippen molar-refractivity contribution in [3.63, 3.8) is 0 Å². The molecule has 7 heteroatoms. The molecular formula is C23H20N2O4S. The number of hydrogen-bond acceptors (Lipinski definition) is 4. The number of carboxylic acid groups (broad SMARTS) is 1. The number of nitrogens with two attached hydrogens (primary N) is 1. The lowest BCUT2D eigenvalue weighted by atomic mass is 10.1. The molecule has 30 heavy (non-hydrogen) atoms. The number of aromatic carboxylic acids is 1. The summed E-state index contributed by atoms with van der Waals surface area (Å²) in [4.78, 5) is 35.3. The minimum atomic E-state index is -0.980. The van der Waals surface area contributed by atoms with Gasteiger partial charge in [0.05, 0.1) is 5.56 Å². The summed E-state index contributed by atoms with van der Waals surface area (Å²) in [6, 6.07) is 20.9. The van der Waals surface area contributed by atoms with Crippen molar-refractivity contribution in [3.05, 3.63) is 101 Å². The van der Waals surface area contributed by atoms with Crippen molar-refractivity contribution in [2.75, 3.05) is 0 Å². The number of carboxylic acids is 1. The smallest absolute Gasteiger partial charge is 0.335 e. The van der Waals surface area contributed by atoms with Crippen LogP contribution < -0.4 is 11.1 Å². The molecule has 0 aliphatic carbocycles. The average Bonchev–Trinajstić information content (AvgIpc) is 2.77. The molecule has 3 aromatic rings. The first-order chi connectivity index (χ1) is 14.4. The van der Waals surface area contributed by atoms with Crippen LogP contribution in [0.5, 0.6) is 0 Å². The average molecular weight is 420 g/mol. The molecule has 0 fully saturated rings. The van der Waals surface area contributed by atoms with Gasteiger partial charge in [0.2, 0.25) is 5.91 Å². The predicted molar refractivity (Wildman–Crippen MR) is 116 cm³/mol. The zero-order valence-electron chi connectivity index (χ0n) is 16.0. The van der Waals surface area contributed by atoms with Crippen LogP contribution in [0.1, 0.15) is 42.2 Å². The van der Waals surface area contributed by atoms with Gasteiger partial charge in [0, 0.05) is 28.3 Å². The highest BCUT2D eigenvalue weighted by Crippen LogP contribution is 2.23. The van der Waals surface area contributed by atoms with Crippen LogP contribution in [0.4, 0.5) is 0 Å². The van der Waals surface area contributed by atoms with Crippen LogP contribution in [0.25, 0.3) is 0 Å². The molecule has 3 aromatic carbocycles. The number of primary amides is 1. The second kappa shape index (κ2) is 9.76. The first kappa shape index (κ1) is 21.1. The number of carbonyl (C=O) groups excluding carboxylic acids is 2. The molecule has 0 aliphatic heterocycles. The molecule has 0 bridgehead atoms. The van der Waals surface area contributed by atoms with Crippen molar-refractivity contribution in [1.82, 2.24) is 5.32 Å². The standard InChI is InChI=1S/C23H20N2O4S/c24-21(26)17-5-3-16(4-6-17)14-30-20-11-9-18(10-12-20)22(27)25-13-15-1-7-19(8-2-15)23(28)29/h1-12H,13-14H2,(H2,24,26)(H,25,27)(H,28,29). The van der Waals surface area contributed by atoms with Crippen LogP contribution >= 0.6 is 11.8 Å². The summed E-state index contributed by atoms with van der Waals surface area (Å²) in [5.41, 5.74) is 8.37. The molecule has 2 amide bonds. The number of hydrogen-bond donors (Lipinski definition) is 3. The van der Waals surface area contributed by atoms with E-state index in [1.54, 1.807) is 48.2 Å². The first-order valence-corrected chi connectivity index (χ1v) is 10.1. The Balaban J connectivity index is 1.51. The van der Waals surface area contributed by atoms with E-state index in [-0.39, 0.29) is 11.5 Å². The molecule has 0 unspecified atom stereocenters. The van der Waals surface area contributed by atoms with Gasteiger partial charge in [-0.3, -0.25) is 9.59 Å². The summed E-state index contributed by atoms with van der Waals surface area (Å²) in [5.74, 6) is -0.890. The molecule has 3 rings (SSSR count). The lowest BCUT2D eigenvalue weighted by Crippen LogP contribution is -2.22. The molecule has 0 aromatic heterocycles. The largest absolute Gasteiger partial charge is 0.478 e. The Morgan fingerprint density at radius 2 is 1.30 bits per heavy atom. The van der Waals surface area contributed by atoms with Gasteiger partial charge in [-0.2, -0.15) is 0 Å². The van der Waals surface area contributed by atoms with Crippen molar-refractivity contribution in [2.24, 2.45) is 5.73 Å². The molecule has 152 valence electrons. The Morgan fingerprint density at radius 1 is 0.767 bits per heavy atom. The molecule has 0 saturated carbocycles. The van der Waals surface area contributed by atoms with Gasteiger partial charge in [-0.25, -0.2) is 4.79 Å². The summed E-state index contributed by atoms with van der Waals surface area (Å²) in [7, 11) is 0. The van der Waals surface area contributed by atoms with Gasteiger partial charge in [0.25, 0.3) is 5.91 Å². The first-order valence-electron chi connectivity index (χ1n) is 9.14. The molecular weight excluding hydrogens is 400 g/mol. The van der Waals surface area contributed by atoms with Crippen LogP contribution in [-0.4, -0.2) is 22.9 Å². The fourth-order valence-corrected chi connectivity index (χ4v) is 3.54. The van der Waals surface area contributed by atoms with Gasteiger partial charge >= 0.3 is 5.97 Å². The molecule has 0 atom stereocenters. The normalized spacial score (nSPS) is 10.4. The quantitative estimate of drug-likeness (QED) is 0.481. The summed E-state index contributed by atoms with van der Waals surface area (Å²) in [5, 5.41) is 11.7. The van der Waals surface area contributed by atoms with Crippen molar-refractivity contribution in [3.8, 4) is 0 Å². The maximum absolute atomic E-state index is 12.3. The van der Waals surface area contributed by atoms with Crippen LogP contribution in [0.15, 0.2) is 77.7 Å². The topological polar surface area (TPSA) is 109 Å². The predicted octanol–water partition coefficient (Wildman–Crippen LogP) is 3.71. The van der Waals surface area contributed by atoms with Crippen molar-refractivity contribution in [2.45, 2.75) is 17.2 Å². The molecule has 0 aliphatic rings. The summed E-state index contributed by atoms with van der Waals surface area (Å²) >= 11 is 1.63. The zero-order chi connectivity index (χ0) is 21.5. The summed E-state index contributed by atoms with van der Waals surface area (Å²) < 4.78 is 0.